The van der Waals surface area contributed by atoms with E-state index in [1.807, 2.05) is 42.5 Å². The standard InChI is InChI=1S/C17H20N2O/c18-14-17(11-5-2-6-12-17)16(20)19-13-7-10-15-8-3-1-4-9-15/h1,3-4,7-10H,2,5-6,11-13H2,(H,19,20)/b10-7-. The summed E-state index contributed by atoms with van der Waals surface area (Å²) in [5, 5.41) is 12.2. The highest BCUT2D eigenvalue weighted by Gasteiger charge is 2.39. The molecule has 3 heteroatoms. The van der Waals surface area contributed by atoms with Gasteiger partial charge in [0.25, 0.3) is 0 Å². The summed E-state index contributed by atoms with van der Waals surface area (Å²) in [7, 11) is 0. The number of hydrogen-bond donors (Lipinski definition) is 1. The van der Waals surface area contributed by atoms with Crippen LogP contribution in [0.5, 0.6) is 0 Å². The second kappa shape index (κ2) is 6.91. The van der Waals surface area contributed by atoms with Crippen LogP contribution in [0.4, 0.5) is 0 Å². The second-order valence-electron chi connectivity index (χ2n) is 5.28. The quantitative estimate of drug-likeness (QED) is 0.911. The number of amides is 1. The van der Waals surface area contributed by atoms with Gasteiger partial charge in [0.15, 0.2) is 0 Å². The molecule has 0 aromatic heterocycles. The average molecular weight is 268 g/mol. The molecule has 0 heterocycles. The van der Waals surface area contributed by atoms with E-state index in [2.05, 4.69) is 11.4 Å². The van der Waals surface area contributed by atoms with Gasteiger partial charge in [-0.2, -0.15) is 5.26 Å². The number of nitriles is 1. The van der Waals surface area contributed by atoms with Crippen LogP contribution in [0.15, 0.2) is 36.4 Å². The summed E-state index contributed by atoms with van der Waals surface area (Å²) in [6, 6.07) is 12.2. The van der Waals surface area contributed by atoms with Gasteiger partial charge < -0.3 is 5.32 Å². The Morgan fingerprint density at radius 1 is 1.25 bits per heavy atom. The Balaban J connectivity index is 1.86. The molecular formula is C17H20N2O. The molecule has 0 bridgehead atoms. The Kier molecular flexibility index (Phi) is 4.95. The van der Waals surface area contributed by atoms with E-state index in [0.29, 0.717) is 19.4 Å². The maximum absolute atomic E-state index is 12.2. The molecule has 20 heavy (non-hydrogen) atoms. The lowest BCUT2D eigenvalue weighted by Crippen LogP contribution is -2.41. The summed E-state index contributed by atoms with van der Waals surface area (Å²) < 4.78 is 0. The van der Waals surface area contributed by atoms with Gasteiger partial charge in [0.05, 0.1) is 6.07 Å². The zero-order valence-corrected chi connectivity index (χ0v) is 11.6. The van der Waals surface area contributed by atoms with E-state index in [0.717, 1.165) is 24.8 Å². The number of carbonyl (C=O) groups is 1. The first kappa shape index (κ1) is 14.3. The molecule has 0 radical (unpaired) electrons. The summed E-state index contributed by atoms with van der Waals surface area (Å²) in [5.41, 5.74) is 0.313. The molecule has 2 rings (SSSR count). The van der Waals surface area contributed by atoms with Gasteiger partial charge >= 0.3 is 0 Å². The van der Waals surface area contributed by atoms with Gasteiger partial charge in [0, 0.05) is 6.54 Å². The van der Waals surface area contributed by atoms with Crippen LogP contribution >= 0.6 is 0 Å². The Labute approximate surface area is 120 Å². The zero-order chi connectivity index (χ0) is 14.3. The van der Waals surface area contributed by atoms with Crippen molar-refractivity contribution in [3.05, 3.63) is 42.0 Å². The number of hydrogen-bond acceptors (Lipinski definition) is 2. The van der Waals surface area contributed by atoms with Crippen LogP contribution in [0.25, 0.3) is 6.08 Å². The molecular weight excluding hydrogens is 248 g/mol. The maximum Gasteiger partial charge on any atom is 0.240 e. The maximum atomic E-state index is 12.2. The summed E-state index contributed by atoms with van der Waals surface area (Å²) >= 11 is 0. The van der Waals surface area contributed by atoms with E-state index in [4.69, 9.17) is 0 Å². The van der Waals surface area contributed by atoms with E-state index in [1.165, 1.54) is 0 Å². The lowest BCUT2D eigenvalue weighted by Gasteiger charge is -2.28. The van der Waals surface area contributed by atoms with Gasteiger partial charge in [-0.15, -0.1) is 0 Å². The van der Waals surface area contributed by atoms with Crippen LogP contribution in [0.1, 0.15) is 37.7 Å². The van der Waals surface area contributed by atoms with Crippen molar-refractivity contribution in [3.63, 3.8) is 0 Å². The molecule has 0 aliphatic heterocycles. The van der Waals surface area contributed by atoms with Crippen LogP contribution in [0, 0.1) is 16.7 Å². The first-order valence-corrected chi connectivity index (χ1v) is 7.18. The smallest absolute Gasteiger partial charge is 0.240 e. The normalized spacial score (nSPS) is 17.6. The molecule has 3 nitrogen and oxygen atoms in total. The monoisotopic (exact) mass is 268 g/mol. The van der Waals surface area contributed by atoms with E-state index < -0.39 is 5.41 Å². The van der Waals surface area contributed by atoms with Crippen LogP contribution in [-0.2, 0) is 4.79 Å². The van der Waals surface area contributed by atoms with Crippen LogP contribution in [0.3, 0.4) is 0 Å². The average Bonchev–Trinajstić information content (AvgIpc) is 2.53. The van der Waals surface area contributed by atoms with Crippen molar-refractivity contribution < 1.29 is 4.79 Å². The fourth-order valence-corrected chi connectivity index (χ4v) is 2.62. The molecule has 1 fully saturated rings. The number of carbonyl (C=O) groups excluding carboxylic acids is 1. The molecule has 0 saturated heterocycles. The van der Waals surface area contributed by atoms with Crippen molar-refractivity contribution in [2.24, 2.45) is 5.41 Å². The molecule has 1 aromatic carbocycles. The number of benzene rings is 1. The van der Waals surface area contributed by atoms with Crippen LogP contribution < -0.4 is 5.32 Å². The first-order chi connectivity index (χ1) is 9.77. The SMILES string of the molecule is N#CC1(C(=O)NC/C=C\c2ccccc2)CCCCC1. The highest BCUT2D eigenvalue weighted by Crippen LogP contribution is 2.35. The third kappa shape index (κ3) is 3.48. The Morgan fingerprint density at radius 2 is 1.95 bits per heavy atom. The molecule has 0 spiro atoms. The van der Waals surface area contributed by atoms with Gasteiger partial charge in [0.2, 0.25) is 5.91 Å². The minimum Gasteiger partial charge on any atom is -0.351 e. The fraction of sp³-hybridized carbons (Fsp3) is 0.412. The molecule has 1 aromatic rings. The molecule has 0 atom stereocenters. The van der Waals surface area contributed by atoms with Gasteiger partial charge in [-0.25, -0.2) is 0 Å². The Hall–Kier alpha value is -2.08. The topological polar surface area (TPSA) is 52.9 Å². The van der Waals surface area contributed by atoms with Crippen LogP contribution in [-0.4, -0.2) is 12.5 Å². The summed E-state index contributed by atoms with van der Waals surface area (Å²) in [5.74, 6) is -0.114. The minimum atomic E-state index is -0.793. The number of nitrogens with one attached hydrogen (secondary N) is 1. The molecule has 1 aliphatic rings. The van der Waals surface area contributed by atoms with Gasteiger partial charge in [-0.05, 0) is 18.4 Å². The predicted octanol–water partition coefficient (Wildman–Crippen LogP) is 3.29. The zero-order valence-electron chi connectivity index (χ0n) is 11.6. The van der Waals surface area contributed by atoms with E-state index in [9.17, 15) is 10.1 Å². The predicted molar refractivity (Wildman–Crippen MR) is 79.6 cm³/mol. The number of nitrogens with zero attached hydrogens (tertiary/aromatic N) is 1. The van der Waals surface area contributed by atoms with E-state index >= 15 is 0 Å². The molecule has 1 amide bonds. The van der Waals surface area contributed by atoms with Crippen molar-refractivity contribution in [1.29, 1.82) is 5.26 Å². The van der Waals surface area contributed by atoms with Gasteiger partial charge in [-0.3, -0.25) is 4.79 Å². The van der Waals surface area contributed by atoms with Crippen molar-refractivity contribution in [3.8, 4) is 6.07 Å². The Bertz CT molecular complexity index is 508. The molecule has 0 unspecified atom stereocenters. The van der Waals surface area contributed by atoms with Crippen molar-refractivity contribution in [2.75, 3.05) is 6.54 Å². The fourth-order valence-electron chi connectivity index (χ4n) is 2.62. The lowest BCUT2D eigenvalue weighted by atomic mass is 9.74. The van der Waals surface area contributed by atoms with Crippen LogP contribution in [0.2, 0.25) is 0 Å². The van der Waals surface area contributed by atoms with E-state index in [-0.39, 0.29) is 5.91 Å². The second-order valence-corrected chi connectivity index (χ2v) is 5.28. The number of rotatable bonds is 4. The lowest BCUT2D eigenvalue weighted by molar-refractivity contribution is -0.129. The minimum absolute atomic E-state index is 0.114. The first-order valence-electron chi connectivity index (χ1n) is 7.18. The van der Waals surface area contributed by atoms with E-state index in [1.54, 1.807) is 0 Å². The molecule has 1 N–H and O–H groups in total. The highest BCUT2D eigenvalue weighted by atomic mass is 16.2. The molecule has 1 aliphatic carbocycles. The van der Waals surface area contributed by atoms with Gasteiger partial charge in [-0.1, -0.05) is 61.7 Å². The summed E-state index contributed by atoms with van der Waals surface area (Å²) in [4.78, 5) is 12.2. The molecule has 1 saturated carbocycles. The highest BCUT2D eigenvalue weighted by molar-refractivity contribution is 5.85. The largest absolute Gasteiger partial charge is 0.351 e. The Morgan fingerprint density at radius 3 is 2.60 bits per heavy atom. The van der Waals surface area contributed by atoms with Crippen molar-refractivity contribution in [2.45, 2.75) is 32.1 Å². The molecule has 104 valence electrons. The summed E-state index contributed by atoms with van der Waals surface area (Å²) in [6.07, 6.45) is 8.35. The van der Waals surface area contributed by atoms with Gasteiger partial charge in [0.1, 0.15) is 5.41 Å². The summed E-state index contributed by atoms with van der Waals surface area (Å²) in [6.45, 7) is 0.469. The van der Waals surface area contributed by atoms with Crippen molar-refractivity contribution >= 4 is 12.0 Å². The van der Waals surface area contributed by atoms with Crippen molar-refractivity contribution in [1.82, 2.24) is 5.32 Å². The third-order valence-electron chi connectivity index (χ3n) is 3.85. The third-order valence-corrected chi connectivity index (χ3v) is 3.85.